The summed E-state index contributed by atoms with van der Waals surface area (Å²) in [5.74, 6) is 0.110. The number of hydrogen-bond acceptors (Lipinski definition) is 2. The fourth-order valence-electron chi connectivity index (χ4n) is 6.10. The maximum atomic E-state index is 14.8. The molecule has 0 N–H and O–H groups in total. The quantitative estimate of drug-likeness (QED) is 0.264. The van der Waals surface area contributed by atoms with Gasteiger partial charge < -0.3 is 9.47 Å². The zero-order valence-electron chi connectivity index (χ0n) is 23.0. The summed E-state index contributed by atoms with van der Waals surface area (Å²) >= 11 is 0. The maximum Gasteiger partial charge on any atom is 0.186 e. The highest BCUT2D eigenvalue weighted by Gasteiger charge is 2.29. The molecule has 0 unspecified atom stereocenters. The topological polar surface area (TPSA) is 18.5 Å². The highest BCUT2D eigenvalue weighted by molar-refractivity contribution is 5.30. The molecule has 1 aliphatic heterocycles. The second-order valence-corrected chi connectivity index (χ2v) is 11.3. The Morgan fingerprint density at radius 2 is 1.30 bits per heavy atom. The van der Waals surface area contributed by atoms with E-state index in [1.54, 1.807) is 12.1 Å². The molecule has 0 atom stereocenters. The Balaban J connectivity index is 1.26. The third kappa shape index (κ3) is 7.63. The van der Waals surface area contributed by atoms with Crippen LogP contribution >= 0.6 is 0 Å². The van der Waals surface area contributed by atoms with Gasteiger partial charge in [0.15, 0.2) is 17.9 Å². The first-order valence-corrected chi connectivity index (χ1v) is 14.9. The van der Waals surface area contributed by atoms with Crippen LogP contribution < -0.4 is 0 Å². The van der Waals surface area contributed by atoms with Gasteiger partial charge in [-0.05, 0) is 67.1 Å². The smallest absolute Gasteiger partial charge is 0.186 e. The van der Waals surface area contributed by atoms with Crippen molar-refractivity contribution < 1.29 is 18.3 Å². The molecule has 1 saturated carbocycles. The van der Waals surface area contributed by atoms with Crippen LogP contribution in [-0.4, -0.2) is 13.2 Å². The summed E-state index contributed by atoms with van der Waals surface area (Å²) in [7, 11) is 0. The minimum atomic E-state index is -0.855. The van der Waals surface area contributed by atoms with E-state index in [1.807, 2.05) is 0 Å². The average Bonchev–Trinajstić information content (AvgIpc) is 2.94. The van der Waals surface area contributed by atoms with Crippen LogP contribution in [0.1, 0.15) is 131 Å². The van der Waals surface area contributed by atoms with E-state index >= 15 is 0 Å². The predicted molar refractivity (Wildman–Crippen MR) is 147 cm³/mol. The lowest BCUT2D eigenvalue weighted by molar-refractivity contribution is -0.193. The molecule has 2 fully saturated rings. The lowest BCUT2D eigenvalue weighted by atomic mass is 9.77. The molecule has 0 spiro atoms. The first-order valence-electron chi connectivity index (χ1n) is 14.9. The van der Waals surface area contributed by atoms with E-state index < -0.39 is 17.9 Å². The number of hydrogen-bond donors (Lipinski definition) is 0. The molecule has 204 valence electrons. The fourth-order valence-corrected chi connectivity index (χ4v) is 6.10. The van der Waals surface area contributed by atoms with Gasteiger partial charge in [0.2, 0.25) is 0 Å². The zero-order valence-corrected chi connectivity index (χ0v) is 23.0. The van der Waals surface area contributed by atoms with Gasteiger partial charge in [-0.1, -0.05) is 95.2 Å². The van der Waals surface area contributed by atoms with Gasteiger partial charge in [0.25, 0.3) is 0 Å². The van der Waals surface area contributed by atoms with Crippen LogP contribution in [-0.2, 0) is 15.9 Å². The Bertz CT molecular complexity index is 942. The highest BCUT2D eigenvalue weighted by atomic mass is 19.2. The van der Waals surface area contributed by atoms with E-state index in [1.165, 1.54) is 62.5 Å². The van der Waals surface area contributed by atoms with E-state index in [9.17, 15) is 8.78 Å². The van der Waals surface area contributed by atoms with Crippen molar-refractivity contribution in [2.75, 3.05) is 13.2 Å². The van der Waals surface area contributed by atoms with Crippen LogP contribution in [0.25, 0.3) is 0 Å². The number of halogens is 2. The minimum Gasteiger partial charge on any atom is -0.348 e. The van der Waals surface area contributed by atoms with Crippen molar-refractivity contribution in [1.82, 2.24) is 0 Å². The van der Waals surface area contributed by atoms with Crippen LogP contribution in [0.15, 0.2) is 36.4 Å². The van der Waals surface area contributed by atoms with E-state index in [0.717, 1.165) is 31.6 Å². The lowest BCUT2D eigenvalue weighted by Gasteiger charge is -2.31. The molecule has 1 heterocycles. The SMILES string of the molecule is CCCCCCc1ccc(C2OCC(c3ccc(C4CCC(CCCCC)CC4)cc3)CO2)c(F)c1F. The van der Waals surface area contributed by atoms with Crippen molar-refractivity contribution in [3.8, 4) is 0 Å². The number of benzene rings is 2. The summed E-state index contributed by atoms with van der Waals surface area (Å²) < 4.78 is 41.3. The second-order valence-electron chi connectivity index (χ2n) is 11.3. The summed E-state index contributed by atoms with van der Waals surface area (Å²) in [6.07, 6.45) is 14.7. The Labute approximate surface area is 223 Å². The molecule has 4 heteroatoms. The van der Waals surface area contributed by atoms with Gasteiger partial charge in [0.1, 0.15) is 0 Å². The summed E-state index contributed by atoms with van der Waals surface area (Å²) in [6, 6.07) is 12.3. The van der Waals surface area contributed by atoms with Gasteiger partial charge in [0.05, 0.1) is 13.2 Å². The minimum absolute atomic E-state index is 0.102. The van der Waals surface area contributed by atoms with Crippen molar-refractivity contribution in [3.63, 3.8) is 0 Å². The largest absolute Gasteiger partial charge is 0.348 e. The fraction of sp³-hybridized carbons (Fsp3) is 0.636. The molecule has 0 aromatic heterocycles. The van der Waals surface area contributed by atoms with Gasteiger partial charge in [-0.25, -0.2) is 8.78 Å². The van der Waals surface area contributed by atoms with E-state index in [4.69, 9.17) is 9.47 Å². The zero-order chi connectivity index (χ0) is 26.0. The molecule has 2 aromatic rings. The van der Waals surface area contributed by atoms with Crippen LogP contribution in [0.4, 0.5) is 8.78 Å². The second kappa shape index (κ2) is 14.4. The Morgan fingerprint density at radius 1 is 0.676 bits per heavy atom. The summed E-state index contributed by atoms with van der Waals surface area (Å²) in [5, 5.41) is 0. The van der Waals surface area contributed by atoms with Crippen molar-refractivity contribution in [1.29, 1.82) is 0 Å². The number of rotatable bonds is 12. The molecule has 37 heavy (non-hydrogen) atoms. The van der Waals surface area contributed by atoms with Crippen molar-refractivity contribution >= 4 is 0 Å². The molecule has 2 aliphatic rings. The van der Waals surface area contributed by atoms with Gasteiger partial charge >= 0.3 is 0 Å². The molecular weight excluding hydrogens is 466 g/mol. The average molecular weight is 513 g/mol. The molecule has 1 aliphatic carbocycles. The van der Waals surface area contributed by atoms with Crippen LogP contribution in [0, 0.1) is 17.6 Å². The molecule has 0 bridgehead atoms. The molecule has 4 rings (SSSR count). The first-order chi connectivity index (χ1) is 18.1. The molecular formula is C33H46F2O2. The van der Waals surface area contributed by atoms with Crippen LogP contribution in [0.3, 0.4) is 0 Å². The summed E-state index contributed by atoms with van der Waals surface area (Å²) in [5.41, 5.74) is 3.23. The third-order valence-corrected chi connectivity index (χ3v) is 8.59. The number of aryl methyl sites for hydroxylation is 1. The van der Waals surface area contributed by atoms with E-state index in [0.29, 0.717) is 31.1 Å². The normalized spacial score (nSPS) is 24.3. The molecule has 0 radical (unpaired) electrons. The van der Waals surface area contributed by atoms with Crippen molar-refractivity contribution in [2.24, 2.45) is 5.92 Å². The van der Waals surface area contributed by atoms with E-state index in [2.05, 4.69) is 38.1 Å². The first kappa shape index (κ1) is 28.2. The van der Waals surface area contributed by atoms with Gasteiger partial charge in [-0.2, -0.15) is 0 Å². The molecule has 0 amide bonds. The molecule has 2 aromatic carbocycles. The van der Waals surface area contributed by atoms with Gasteiger partial charge in [0, 0.05) is 11.5 Å². The van der Waals surface area contributed by atoms with Crippen molar-refractivity contribution in [2.45, 2.75) is 115 Å². The standard InChI is InChI=1S/C33H46F2O2/c1-3-5-7-9-11-28-20-21-30(32(35)31(28)34)33-36-22-29(23-37-33)27-18-16-26(17-19-27)25-14-12-24(13-15-25)10-8-6-4-2/h16-21,24-25,29,33H,3-15,22-23H2,1-2H3. The Morgan fingerprint density at radius 3 is 1.95 bits per heavy atom. The number of ether oxygens (including phenoxy) is 2. The lowest BCUT2D eigenvalue weighted by Crippen LogP contribution is -2.26. The highest BCUT2D eigenvalue weighted by Crippen LogP contribution is 2.39. The Kier molecular flexibility index (Phi) is 11.0. The monoisotopic (exact) mass is 512 g/mol. The van der Waals surface area contributed by atoms with Crippen LogP contribution in [0.5, 0.6) is 0 Å². The third-order valence-electron chi connectivity index (χ3n) is 8.59. The maximum absolute atomic E-state index is 14.8. The predicted octanol–water partition coefficient (Wildman–Crippen LogP) is 9.77. The molecule has 2 nitrogen and oxygen atoms in total. The van der Waals surface area contributed by atoms with Gasteiger partial charge in [-0.15, -0.1) is 0 Å². The van der Waals surface area contributed by atoms with Crippen LogP contribution in [0.2, 0.25) is 0 Å². The number of unbranched alkanes of at least 4 members (excludes halogenated alkanes) is 5. The van der Waals surface area contributed by atoms with Crippen molar-refractivity contribution in [3.05, 3.63) is 70.3 Å². The summed E-state index contributed by atoms with van der Waals surface area (Å²) in [6.45, 7) is 5.29. The van der Waals surface area contributed by atoms with E-state index in [-0.39, 0.29) is 11.5 Å². The molecule has 1 saturated heterocycles. The Hall–Kier alpha value is -1.78. The summed E-state index contributed by atoms with van der Waals surface area (Å²) in [4.78, 5) is 0. The van der Waals surface area contributed by atoms with Gasteiger partial charge in [-0.3, -0.25) is 0 Å².